The van der Waals surface area contributed by atoms with Gasteiger partial charge in [-0.25, -0.2) is 0 Å². The number of imide groups is 1. The van der Waals surface area contributed by atoms with Crippen LogP contribution in [0.3, 0.4) is 0 Å². The number of nitrogens with zero attached hydrogens (tertiary/aromatic N) is 3. The fourth-order valence-corrected chi connectivity index (χ4v) is 3.71. The summed E-state index contributed by atoms with van der Waals surface area (Å²) in [5.41, 5.74) is 0.995. The van der Waals surface area contributed by atoms with Crippen LogP contribution in [-0.2, 0) is 4.79 Å². The van der Waals surface area contributed by atoms with Crippen molar-refractivity contribution in [3.8, 4) is 6.07 Å². The molecular formula is C21H24N4O4. The Morgan fingerprint density at radius 2 is 1.83 bits per heavy atom. The summed E-state index contributed by atoms with van der Waals surface area (Å²) >= 11 is 0. The van der Waals surface area contributed by atoms with Crippen molar-refractivity contribution >= 4 is 23.6 Å². The summed E-state index contributed by atoms with van der Waals surface area (Å²) in [5, 5.41) is 11.4. The van der Waals surface area contributed by atoms with Crippen molar-refractivity contribution < 1.29 is 19.2 Å². The quantitative estimate of drug-likeness (QED) is 0.760. The zero-order chi connectivity index (χ0) is 21.1. The largest absolute Gasteiger partial charge is 0.352 e. The van der Waals surface area contributed by atoms with E-state index in [0.29, 0.717) is 43.6 Å². The maximum absolute atomic E-state index is 12.9. The average molecular weight is 396 g/mol. The highest BCUT2D eigenvalue weighted by atomic mass is 16.2. The van der Waals surface area contributed by atoms with Gasteiger partial charge in [0.25, 0.3) is 17.7 Å². The number of hydrogen-bond donors (Lipinski definition) is 1. The van der Waals surface area contributed by atoms with Crippen molar-refractivity contribution in [1.29, 1.82) is 5.26 Å². The van der Waals surface area contributed by atoms with E-state index >= 15 is 0 Å². The van der Waals surface area contributed by atoms with Gasteiger partial charge < -0.3 is 10.2 Å². The zero-order valence-corrected chi connectivity index (χ0v) is 16.6. The standard InChI is InChI=1S/C21H24N4O4/c1-13(2)12-25-20(28)16-4-3-14(11-17(16)21(25)29)19(27)24-9-6-15(7-10-24)23-18(26)5-8-22/h3-4,11,13,15H,5-7,9-10,12H2,1-2H3,(H,23,26). The summed E-state index contributed by atoms with van der Waals surface area (Å²) in [4.78, 5) is 52.4. The molecular weight excluding hydrogens is 372 g/mol. The first kappa shape index (κ1) is 20.5. The Balaban J connectivity index is 1.66. The number of benzene rings is 1. The summed E-state index contributed by atoms with van der Waals surface area (Å²) in [7, 11) is 0. The van der Waals surface area contributed by atoms with Crippen LogP contribution in [0.5, 0.6) is 0 Å². The molecule has 1 fully saturated rings. The molecule has 0 bridgehead atoms. The predicted molar refractivity (Wildman–Crippen MR) is 104 cm³/mol. The minimum absolute atomic E-state index is 0.0521. The van der Waals surface area contributed by atoms with Crippen molar-refractivity contribution in [3.63, 3.8) is 0 Å². The Labute approximate surface area is 169 Å². The number of amides is 4. The number of nitriles is 1. The van der Waals surface area contributed by atoms with E-state index in [-0.39, 0.29) is 47.6 Å². The molecule has 3 rings (SSSR count). The van der Waals surface area contributed by atoms with Crippen LogP contribution in [0, 0.1) is 17.2 Å². The van der Waals surface area contributed by atoms with Crippen LogP contribution in [0.25, 0.3) is 0 Å². The summed E-state index contributed by atoms with van der Waals surface area (Å²) in [5.74, 6) is -1.01. The highest BCUT2D eigenvalue weighted by Crippen LogP contribution is 2.26. The fraction of sp³-hybridized carbons (Fsp3) is 0.476. The summed E-state index contributed by atoms with van der Waals surface area (Å²) in [6.07, 6.45) is 1.04. The maximum atomic E-state index is 12.9. The van der Waals surface area contributed by atoms with Crippen molar-refractivity contribution in [2.75, 3.05) is 19.6 Å². The second kappa shape index (κ2) is 8.43. The third kappa shape index (κ3) is 4.29. The van der Waals surface area contributed by atoms with E-state index in [0.717, 1.165) is 0 Å². The van der Waals surface area contributed by atoms with Crippen LogP contribution >= 0.6 is 0 Å². The van der Waals surface area contributed by atoms with E-state index in [9.17, 15) is 19.2 Å². The molecule has 2 aliphatic heterocycles. The SMILES string of the molecule is CC(C)CN1C(=O)c2ccc(C(=O)N3CCC(NC(=O)CC#N)CC3)cc2C1=O. The van der Waals surface area contributed by atoms with E-state index < -0.39 is 0 Å². The summed E-state index contributed by atoms with van der Waals surface area (Å²) in [6.45, 7) is 5.16. The Morgan fingerprint density at radius 1 is 1.17 bits per heavy atom. The van der Waals surface area contributed by atoms with E-state index in [4.69, 9.17) is 5.26 Å². The molecule has 8 heteroatoms. The van der Waals surface area contributed by atoms with Crippen LogP contribution in [0.15, 0.2) is 18.2 Å². The molecule has 0 saturated carbocycles. The van der Waals surface area contributed by atoms with Crippen LogP contribution < -0.4 is 5.32 Å². The number of fused-ring (bicyclic) bond motifs is 1. The molecule has 2 aliphatic rings. The third-order valence-electron chi connectivity index (χ3n) is 5.15. The molecule has 152 valence electrons. The molecule has 1 N–H and O–H groups in total. The van der Waals surface area contributed by atoms with Crippen LogP contribution in [0.1, 0.15) is 64.2 Å². The van der Waals surface area contributed by atoms with Crippen molar-refractivity contribution in [1.82, 2.24) is 15.1 Å². The lowest BCUT2D eigenvalue weighted by atomic mass is 10.0. The number of carbonyl (C=O) groups excluding carboxylic acids is 4. The van der Waals surface area contributed by atoms with Crippen LogP contribution in [0.2, 0.25) is 0 Å². The molecule has 0 radical (unpaired) electrons. The average Bonchev–Trinajstić information content (AvgIpc) is 2.92. The first-order valence-corrected chi connectivity index (χ1v) is 9.77. The molecule has 0 atom stereocenters. The Kier molecular flexibility index (Phi) is 5.97. The van der Waals surface area contributed by atoms with Gasteiger partial charge >= 0.3 is 0 Å². The van der Waals surface area contributed by atoms with E-state index in [1.807, 2.05) is 19.9 Å². The lowest BCUT2D eigenvalue weighted by molar-refractivity contribution is -0.121. The third-order valence-corrected chi connectivity index (χ3v) is 5.15. The number of piperidine rings is 1. The van der Waals surface area contributed by atoms with Gasteiger partial charge in [-0.05, 0) is 37.0 Å². The number of rotatable bonds is 5. The summed E-state index contributed by atoms with van der Waals surface area (Å²) in [6, 6.07) is 6.42. The van der Waals surface area contributed by atoms with Crippen LogP contribution in [-0.4, -0.2) is 59.1 Å². The maximum Gasteiger partial charge on any atom is 0.261 e. The molecule has 1 aromatic rings. The van der Waals surface area contributed by atoms with Gasteiger partial charge in [0.05, 0.1) is 17.2 Å². The van der Waals surface area contributed by atoms with Crippen molar-refractivity contribution in [2.45, 2.75) is 39.2 Å². The van der Waals surface area contributed by atoms with Gasteiger partial charge in [-0.2, -0.15) is 5.26 Å². The molecule has 0 spiro atoms. The van der Waals surface area contributed by atoms with E-state index in [1.54, 1.807) is 17.0 Å². The smallest absolute Gasteiger partial charge is 0.261 e. The Morgan fingerprint density at radius 3 is 2.45 bits per heavy atom. The number of nitrogens with one attached hydrogen (secondary N) is 1. The van der Waals surface area contributed by atoms with Gasteiger partial charge in [0.15, 0.2) is 0 Å². The lowest BCUT2D eigenvalue weighted by Gasteiger charge is -2.32. The van der Waals surface area contributed by atoms with Gasteiger partial charge in [0.1, 0.15) is 6.42 Å². The normalized spacial score (nSPS) is 16.8. The number of carbonyl (C=O) groups is 4. The molecule has 0 aliphatic carbocycles. The predicted octanol–water partition coefficient (Wildman–Crippen LogP) is 1.57. The minimum Gasteiger partial charge on any atom is -0.352 e. The zero-order valence-electron chi connectivity index (χ0n) is 16.6. The number of hydrogen-bond acceptors (Lipinski definition) is 5. The Bertz CT molecular complexity index is 894. The first-order chi connectivity index (χ1) is 13.8. The molecule has 29 heavy (non-hydrogen) atoms. The van der Waals surface area contributed by atoms with Crippen molar-refractivity contribution in [3.05, 3.63) is 34.9 Å². The molecule has 2 heterocycles. The molecule has 8 nitrogen and oxygen atoms in total. The minimum atomic E-state index is -0.354. The van der Waals surface area contributed by atoms with E-state index in [1.165, 1.54) is 11.0 Å². The molecule has 4 amide bonds. The molecule has 0 unspecified atom stereocenters. The number of likely N-dealkylation sites (tertiary alicyclic amines) is 1. The Hall–Kier alpha value is -3.21. The summed E-state index contributed by atoms with van der Waals surface area (Å²) < 4.78 is 0. The van der Waals surface area contributed by atoms with Crippen molar-refractivity contribution in [2.24, 2.45) is 5.92 Å². The van der Waals surface area contributed by atoms with Gasteiger partial charge in [0.2, 0.25) is 5.91 Å². The molecule has 1 aromatic carbocycles. The second-order valence-electron chi connectivity index (χ2n) is 7.84. The van der Waals surface area contributed by atoms with Gasteiger partial charge in [-0.15, -0.1) is 0 Å². The molecule has 1 saturated heterocycles. The highest BCUT2D eigenvalue weighted by Gasteiger charge is 2.36. The first-order valence-electron chi connectivity index (χ1n) is 9.77. The van der Waals surface area contributed by atoms with Crippen LogP contribution in [0.4, 0.5) is 0 Å². The second-order valence-corrected chi connectivity index (χ2v) is 7.84. The van der Waals surface area contributed by atoms with Gasteiger partial charge in [-0.1, -0.05) is 13.8 Å². The monoisotopic (exact) mass is 396 g/mol. The highest BCUT2D eigenvalue weighted by molar-refractivity contribution is 6.22. The van der Waals surface area contributed by atoms with Gasteiger partial charge in [-0.3, -0.25) is 24.1 Å². The lowest BCUT2D eigenvalue weighted by Crippen LogP contribution is -2.46. The fourth-order valence-electron chi connectivity index (χ4n) is 3.71. The van der Waals surface area contributed by atoms with E-state index in [2.05, 4.69) is 5.32 Å². The van der Waals surface area contributed by atoms with Gasteiger partial charge in [0, 0.05) is 31.2 Å². The topological polar surface area (TPSA) is 111 Å². The molecule has 0 aromatic heterocycles.